The topological polar surface area (TPSA) is 42.7 Å². The Balaban J connectivity index is 1.78. The first-order chi connectivity index (χ1) is 8.72. The number of nitrogens with one attached hydrogen (secondary N) is 1. The SMILES string of the molecule is CC(C)SC1Nn2cc(-c3ccccn3)nc2S1. The van der Waals surface area contributed by atoms with E-state index in [1.807, 2.05) is 40.8 Å². The summed E-state index contributed by atoms with van der Waals surface area (Å²) in [6.45, 7) is 4.40. The van der Waals surface area contributed by atoms with Gasteiger partial charge in [-0.25, -0.2) is 9.66 Å². The Kier molecular flexibility index (Phi) is 3.22. The summed E-state index contributed by atoms with van der Waals surface area (Å²) in [5.74, 6) is 0. The average Bonchev–Trinajstić information content (AvgIpc) is 2.87. The second-order valence-corrected chi connectivity index (χ2v) is 7.31. The van der Waals surface area contributed by atoms with E-state index in [1.165, 1.54) is 0 Å². The molecular weight excluding hydrogens is 264 g/mol. The molecule has 0 aliphatic carbocycles. The van der Waals surface area contributed by atoms with Gasteiger partial charge in [0.05, 0.1) is 11.9 Å². The summed E-state index contributed by atoms with van der Waals surface area (Å²) in [5.41, 5.74) is 5.24. The van der Waals surface area contributed by atoms with E-state index in [9.17, 15) is 0 Å². The highest BCUT2D eigenvalue weighted by Gasteiger charge is 2.25. The molecule has 1 atom stereocenters. The normalized spacial score (nSPS) is 17.8. The van der Waals surface area contributed by atoms with Crippen molar-refractivity contribution in [3.63, 3.8) is 0 Å². The van der Waals surface area contributed by atoms with Gasteiger partial charge in [0, 0.05) is 11.4 Å². The fourth-order valence-corrected chi connectivity index (χ4v) is 4.26. The number of fused-ring (bicyclic) bond motifs is 1. The predicted octanol–water partition coefficient (Wildman–Crippen LogP) is 3.02. The van der Waals surface area contributed by atoms with Crippen molar-refractivity contribution in [1.29, 1.82) is 0 Å². The summed E-state index contributed by atoms with van der Waals surface area (Å²) in [6.07, 6.45) is 3.79. The molecule has 18 heavy (non-hydrogen) atoms. The van der Waals surface area contributed by atoms with E-state index in [0.717, 1.165) is 16.5 Å². The lowest BCUT2D eigenvalue weighted by Gasteiger charge is -2.12. The predicted molar refractivity (Wildman–Crippen MR) is 77.2 cm³/mol. The molecule has 4 nitrogen and oxygen atoms in total. The summed E-state index contributed by atoms with van der Waals surface area (Å²) < 4.78 is 2.35. The molecule has 1 unspecified atom stereocenters. The van der Waals surface area contributed by atoms with Crippen molar-refractivity contribution >= 4 is 23.5 Å². The van der Waals surface area contributed by atoms with Gasteiger partial charge in [-0.05, 0) is 23.9 Å². The highest BCUT2D eigenvalue weighted by molar-refractivity contribution is 8.17. The van der Waals surface area contributed by atoms with Crippen LogP contribution in [0, 0.1) is 0 Å². The fraction of sp³-hybridized carbons (Fsp3) is 0.333. The Morgan fingerprint density at radius 1 is 1.39 bits per heavy atom. The molecule has 2 aromatic heterocycles. The Labute approximate surface area is 115 Å². The highest BCUT2D eigenvalue weighted by atomic mass is 32.2. The van der Waals surface area contributed by atoms with Crippen LogP contribution in [0.3, 0.4) is 0 Å². The fourth-order valence-electron chi connectivity index (χ4n) is 1.72. The number of hydrogen-bond donors (Lipinski definition) is 1. The molecular formula is C12H14N4S2. The minimum absolute atomic E-state index is 0.352. The first kappa shape index (κ1) is 11.9. The van der Waals surface area contributed by atoms with Crippen LogP contribution in [0.25, 0.3) is 11.4 Å². The van der Waals surface area contributed by atoms with Gasteiger partial charge in [-0.15, -0.1) is 11.8 Å². The second kappa shape index (κ2) is 4.85. The average molecular weight is 278 g/mol. The lowest BCUT2D eigenvalue weighted by molar-refractivity contribution is 0.819. The quantitative estimate of drug-likeness (QED) is 0.935. The Bertz CT molecular complexity index is 515. The van der Waals surface area contributed by atoms with Gasteiger partial charge >= 0.3 is 0 Å². The minimum Gasteiger partial charge on any atom is -0.301 e. The van der Waals surface area contributed by atoms with Gasteiger partial charge in [-0.2, -0.15) is 0 Å². The van der Waals surface area contributed by atoms with Crippen molar-refractivity contribution < 1.29 is 0 Å². The van der Waals surface area contributed by atoms with Crippen molar-refractivity contribution in [3.8, 4) is 11.4 Å². The minimum atomic E-state index is 0.352. The maximum absolute atomic E-state index is 4.61. The highest BCUT2D eigenvalue weighted by Crippen LogP contribution is 2.37. The summed E-state index contributed by atoms with van der Waals surface area (Å²) in [5, 5.41) is 1.61. The van der Waals surface area contributed by atoms with Crippen LogP contribution < -0.4 is 5.43 Å². The number of hydrogen-bond acceptors (Lipinski definition) is 5. The number of rotatable bonds is 3. The van der Waals surface area contributed by atoms with Crippen LogP contribution in [0.1, 0.15) is 13.8 Å². The molecule has 0 aromatic carbocycles. The van der Waals surface area contributed by atoms with E-state index in [4.69, 9.17) is 0 Å². The van der Waals surface area contributed by atoms with Crippen LogP contribution in [-0.4, -0.2) is 24.6 Å². The Hall–Kier alpha value is -1.14. The maximum Gasteiger partial charge on any atom is 0.190 e. The molecule has 3 rings (SSSR count). The lowest BCUT2D eigenvalue weighted by Crippen LogP contribution is -2.16. The lowest BCUT2D eigenvalue weighted by atomic mass is 10.3. The summed E-state index contributed by atoms with van der Waals surface area (Å²) in [6, 6.07) is 5.86. The van der Waals surface area contributed by atoms with Crippen LogP contribution >= 0.6 is 23.5 Å². The molecule has 2 aromatic rings. The molecule has 1 N–H and O–H groups in total. The molecule has 0 bridgehead atoms. The third-order valence-electron chi connectivity index (χ3n) is 2.45. The van der Waals surface area contributed by atoms with Crippen LogP contribution in [0.4, 0.5) is 0 Å². The van der Waals surface area contributed by atoms with E-state index in [2.05, 4.69) is 29.2 Å². The van der Waals surface area contributed by atoms with Crippen LogP contribution in [0.5, 0.6) is 0 Å². The molecule has 0 fully saturated rings. The smallest absolute Gasteiger partial charge is 0.190 e. The standard InChI is InChI=1S/C12H14N4S2/c1-8(2)17-12-15-16-7-10(14-11(16)18-12)9-5-3-4-6-13-9/h3-8,12,15H,1-2H3. The van der Waals surface area contributed by atoms with E-state index in [0.29, 0.717) is 9.96 Å². The van der Waals surface area contributed by atoms with Gasteiger partial charge in [0.15, 0.2) is 5.16 Å². The number of pyridine rings is 1. The van der Waals surface area contributed by atoms with Crippen molar-refractivity contribution in [2.45, 2.75) is 29.0 Å². The van der Waals surface area contributed by atoms with Gasteiger partial charge in [0.25, 0.3) is 0 Å². The van der Waals surface area contributed by atoms with E-state index in [1.54, 1.807) is 18.0 Å². The van der Waals surface area contributed by atoms with Gasteiger partial charge in [0.1, 0.15) is 10.4 Å². The molecule has 6 heteroatoms. The molecule has 0 spiro atoms. The maximum atomic E-state index is 4.61. The number of aromatic nitrogens is 3. The van der Waals surface area contributed by atoms with Crippen LogP contribution in [0.2, 0.25) is 0 Å². The van der Waals surface area contributed by atoms with Gasteiger partial charge in [-0.1, -0.05) is 19.9 Å². The third kappa shape index (κ3) is 2.35. The monoisotopic (exact) mass is 278 g/mol. The molecule has 0 amide bonds. The largest absolute Gasteiger partial charge is 0.301 e. The van der Waals surface area contributed by atoms with E-state index < -0.39 is 0 Å². The van der Waals surface area contributed by atoms with Gasteiger partial charge in [0.2, 0.25) is 0 Å². The van der Waals surface area contributed by atoms with Crippen LogP contribution in [0.15, 0.2) is 35.7 Å². The summed E-state index contributed by atoms with van der Waals surface area (Å²) >= 11 is 3.66. The zero-order chi connectivity index (χ0) is 12.5. The number of nitrogens with zero attached hydrogens (tertiary/aromatic N) is 3. The molecule has 0 saturated heterocycles. The van der Waals surface area contributed by atoms with E-state index >= 15 is 0 Å². The molecule has 1 aliphatic rings. The van der Waals surface area contributed by atoms with Crippen molar-refractivity contribution in [3.05, 3.63) is 30.6 Å². The zero-order valence-electron chi connectivity index (χ0n) is 10.2. The zero-order valence-corrected chi connectivity index (χ0v) is 11.8. The van der Waals surface area contributed by atoms with Gasteiger partial charge in [-0.3, -0.25) is 4.98 Å². The van der Waals surface area contributed by atoms with Crippen molar-refractivity contribution in [2.75, 3.05) is 5.43 Å². The molecule has 0 saturated carbocycles. The molecule has 0 radical (unpaired) electrons. The molecule has 1 aliphatic heterocycles. The van der Waals surface area contributed by atoms with Gasteiger partial charge < -0.3 is 5.43 Å². The van der Waals surface area contributed by atoms with Crippen molar-refractivity contribution in [1.82, 2.24) is 14.6 Å². The Morgan fingerprint density at radius 2 is 2.28 bits per heavy atom. The van der Waals surface area contributed by atoms with Crippen LogP contribution in [-0.2, 0) is 0 Å². The Morgan fingerprint density at radius 3 is 2.94 bits per heavy atom. The van der Waals surface area contributed by atoms with Crippen molar-refractivity contribution in [2.24, 2.45) is 0 Å². The molecule has 94 valence electrons. The first-order valence-electron chi connectivity index (χ1n) is 5.82. The third-order valence-corrected chi connectivity index (χ3v) is 4.79. The first-order valence-corrected chi connectivity index (χ1v) is 7.64. The summed E-state index contributed by atoms with van der Waals surface area (Å²) in [7, 11) is 0. The molecule has 3 heterocycles. The second-order valence-electron chi connectivity index (χ2n) is 4.26. The number of imidazole rings is 1. The number of thioether (sulfide) groups is 2. The summed E-state index contributed by atoms with van der Waals surface area (Å²) in [4.78, 5) is 8.92. The van der Waals surface area contributed by atoms with E-state index in [-0.39, 0.29) is 0 Å².